The van der Waals surface area contributed by atoms with Gasteiger partial charge in [0.2, 0.25) is 0 Å². The number of rotatable bonds is 4. The average Bonchev–Trinajstić information content (AvgIpc) is 3.29. The second-order valence-electron chi connectivity index (χ2n) is 5.68. The Hall–Kier alpha value is -3.12. The van der Waals surface area contributed by atoms with Crippen LogP contribution in [0.25, 0.3) is 16.7 Å². The third kappa shape index (κ3) is 3.45. The molecular weight excluding hydrogens is 394 g/mol. The lowest BCUT2D eigenvalue weighted by Gasteiger charge is -2.00. The molecule has 0 unspecified atom stereocenters. The molecule has 0 spiro atoms. The van der Waals surface area contributed by atoms with Crippen LogP contribution >= 0.6 is 15.9 Å². The summed E-state index contributed by atoms with van der Waals surface area (Å²) in [6.07, 6.45) is 5.47. The van der Waals surface area contributed by atoms with Crippen LogP contribution in [0.5, 0.6) is 0 Å². The average molecular weight is 408 g/mol. The van der Waals surface area contributed by atoms with E-state index in [4.69, 9.17) is 4.42 Å². The zero-order valence-corrected chi connectivity index (χ0v) is 15.2. The van der Waals surface area contributed by atoms with Gasteiger partial charge in [-0.15, -0.1) is 0 Å². The van der Waals surface area contributed by atoms with E-state index >= 15 is 0 Å². The number of carbonyl (C=O) groups excluding carboxylic acids is 1. The number of carbonyl (C=O) groups is 1. The molecule has 0 bridgehead atoms. The maximum absolute atomic E-state index is 12.2. The molecule has 0 atom stereocenters. The van der Waals surface area contributed by atoms with Crippen LogP contribution in [-0.2, 0) is 0 Å². The third-order valence-corrected chi connectivity index (χ3v) is 4.35. The Balaban J connectivity index is 1.44. The standard InChI is InChI=1S/C20H14BrN3O2/c21-16-6-7-18-15(10-16)11-19(26-18)20(25)23-22-12-14-8-9-24(13-14)17-4-2-1-3-5-17/h1-13H,(H,23,25)/b22-12+. The second kappa shape index (κ2) is 7.01. The van der Waals surface area contributed by atoms with Crippen LogP contribution in [0.15, 0.2) is 87.0 Å². The fourth-order valence-corrected chi connectivity index (χ4v) is 2.98. The van der Waals surface area contributed by atoms with E-state index in [0.717, 1.165) is 21.1 Å². The van der Waals surface area contributed by atoms with Gasteiger partial charge < -0.3 is 8.98 Å². The molecule has 128 valence electrons. The molecule has 26 heavy (non-hydrogen) atoms. The molecule has 0 fully saturated rings. The first kappa shape index (κ1) is 16.4. The van der Waals surface area contributed by atoms with Crippen molar-refractivity contribution in [1.82, 2.24) is 9.99 Å². The van der Waals surface area contributed by atoms with Crippen LogP contribution < -0.4 is 5.43 Å². The zero-order valence-electron chi connectivity index (χ0n) is 13.6. The van der Waals surface area contributed by atoms with Gasteiger partial charge in [0.25, 0.3) is 0 Å². The van der Waals surface area contributed by atoms with Crippen molar-refractivity contribution < 1.29 is 9.21 Å². The highest BCUT2D eigenvalue weighted by Gasteiger charge is 2.11. The second-order valence-corrected chi connectivity index (χ2v) is 6.60. The van der Waals surface area contributed by atoms with Crippen LogP contribution in [0.4, 0.5) is 0 Å². The van der Waals surface area contributed by atoms with Crippen molar-refractivity contribution in [3.05, 3.63) is 88.9 Å². The number of aromatic nitrogens is 1. The summed E-state index contributed by atoms with van der Waals surface area (Å²) in [5, 5.41) is 4.86. The largest absolute Gasteiger partial charge is 0.451 e. The number of hydrogen-bond donors (Lipinski definition) is 1. The van der Waals surface area contributed by atoms with Crippen LogP contribution in [-0.4, -0.2) is 16.7 Å². The van der Waals surface area contributed by atoms with Crippen molar-refractivity contribution in [2.24, 2.45) is 5.10 Å². The smallest absolute Gasteiger partial charge is 0.307 e. The highest BCUT2D eigenvalue weighted by Crippen LogP contribution is 2.23. The van der Waals surface area contributed by atoms with Gasteiger partial charge in [0.15, 0.2) is 5.76 Å². The van der Waals surface area contributed by atoms with E-state index in [1.807, 2.05) is 71.6 Å². The maximum Gasteiger partial charge on any atom is 0.307 e. The van der Waals surface area contributed by atoms with E-state index < -0.39 is 5.91 Å². The number of para-hydroxylation sites is 1. The van der Waals surface area contributed by atoms with Crippen molar-refractivity contribution in [1.29, 1.82) is 0 Å². The topological polar surface area (TPSA) is 59.5 Å². The van der Waals surface area contributed by atoms with Gasteiger partial charge in [-0.05, 0) is 42.5 Å². The van der Waals surface area contributed by atoms with Crippen molar-refractivity contribution in [3.63, 3.8) is 0 Å². The number of benzene rings is 2. The van der Waals surface area contributed by atoms with Crippen molar-refractivity contribution in [2.45, 2.75) is 0 Å². The SMILES string of the molecule is O=C(N/N=C/c1ccn(-c2ccccc2)c1)c1cc2cc(Br)ccc2o1. The Bertz CT molecular complexity index is 1100. The summed E-state index contributed by atoms with van der Waals surface area (Å²) in [5.41, 5.74) is 5.08. The molecule has 2 aromatic carbocycles. The number of halogens is 1. The van der Waals surface area contributed by atoms with Crippen LogP contribution in [0.3, 0.4) is 0 Å². The lowest BCUT2D eigenvalue weighted by Crippen LogP contribution is -2.16. The van der Waals surface area contributed by atoms with E-state index in [1.54, 1.807) is 12.3 Å². The number of fused-ring (bicyclic) bond motifs is 1. The van der Waals surface area contributed by atoms with Crippen molar-refractivity contribution >= 4 is 39.0 Å². The molecule has 5 nitrogen and oxygen atoms in total. The predicted octanol–water partition coefficient (Wildman–Crippen LogP) is 4.75. The van der Waals surface area contributed by atoms with Gasteiger partial charge in [-0.25, -0.2) is 5.43 Å². The molecule has 2 heterocycles. The number of hydrazone groups is 1. The monoisotopic (exact) mass is 407 g/mol. The van der Waals surface area contributed by atoms with Crippen molar-refractivity contribution in [2.75, 3.05) is 0 Å². The molecule has 0 aliphatic rings. The van der Waals surface area contributed by atoms with Gasteiger partial charge in [0.1, 0.15) is 5.58 Å². The molecule has 4 aromatic rings. The highest BCUT2D eigenvalue weighted by molar-refractivity contribution is 9.10. The lowest BCUT2D eigenvalue weighted by atomic mass is 10.2. The molecule has 2 aromatic heterocycles. The third-order valence-electron chi connectivity index (χ3n) is 3.85. The molecule has 1 N–H and O–H groups in total. The molecule has 1 amide bonds. The molecule has 4 rings (SSSR count). The first-order valence-electron chi connectivity index (χ1n) is 7.95. The number of furan rings is 1. The minimum absolute atomic E-state index is 0.220. The predicted molar refractivity (Wildman–Crippen MR) is 105 cm³/mol. The van der Waals surface area contributed by atoms with Crippen molar-refractivity contribution in [3.8, 4) is 5.69 Å². The van der Waals surface area contributed by atoms with Crippen LogP contribution in [0.1, 0.15) is 16.1 Å². The highest BCUT2D eigenvalue weighted by atomic mass is 79.9. The molecule has 0 saturated heterocycles. The summed E-state index contributed by atoms with van der Waals surface area (Å²) >= 11 is 3.40. The maximum atomic E-state index is 12.2. The molecule has 0 aliphatic heterocycles. The molecular formula is C20H14BrN3O2. The summed E-state index contributed by atoms with van der Waals surface area (Å²) in [4.78, 5) is 12.2. The summed E-state index contributed by atoms with van der Waals surface area (Å²) in [5.74, 6) is -0.173. The minimum atomic E-state index is -0.393. The Morgan fingerprint density at radius 3 is 2.81 bits per heavy atom. The lowest BCUT2D eigenvalue weighted by molar-refractivity contribution is 0.0929. The van der Waals surface area contributed by atoms with Gasteiger partial charge in [0.05, 0.1) is 6.21 Å². The molecule has 0 saturated carbocycles. The van der Waals surface area contributed by atoms with E-state index in [0.29, 0.717) is 5.58 Å². The fraction of sp³-hybridized carbons (Fsp3) is 0. The summed E-state index contributed by atoms with van der Waals surface area (Å²) < 4.78 is 8.45. The molecule has 0 radical (unpaired) electrons. The van der Waals surface area contributed by atoms with E-state index in [2.05, 4.69) is 26.5 Å². The van der Waals surface area contributed by atoms with E-state index in [9.17, 15) is 4.79 Å². The summed E-state index contributed by atoms with van der Waals surface area (Å²) in [6, 6.07) is 19.1. The van der Waals surface area contributed by atoms with E-state index in [1.165, 1.54) is 0 Å². The molecule has 6 heteroatoms. The number of nitrogens with one attached hydrogen (secondary N) is 1. The number of nitrogens with zero attached hydrogens (tertiary/aromatic N) is 2. The van der Waals surface area contributed by atoms with Crippen LogP contribution in [0.2, 0.25) is 0 Å². The quantitative estimate of drug-likeness (QED) is 0.391. The van der Waals surface area contributed by atoms with Gasteiger partial charge in [-0.1, -0.05) is 34.1 Å². The zero-order chi connectivity index (χ0) is 17.9. The number of amides is 1. The Labute approximate surface area is 158 Å². The van der Waals surface area contributed by atoms with Gasteiger partial charge in [-0.2, -0.15) is 5.10 Å². The normalized spacial score (nSPS) is 11.3. The first-order valence-corrected chi connectivity index (χ1v) is 8.74. The van der Waals surface area contributed by atoms with Gasteiger partial charge in [-0.3, -0.25) is 4.79 Å². The Kier molecular flexibility index (Phi) is 4.41. The first-order chi connectivity index (χ1) is 12.7. The number of hydrogen-bond acceptors (Lipinski definition) is 3. The minimum Gasteiger partial charge on any atom is -0.451 e. The Morgan fingerprint density at radius 1 is 1.12 bits per heavy atom. The summed E-state index contributed by atoms with van der Waals surface area (Å²) in [7, 11) is 0. The van der Waals surface area contributed by atoms with Gasteiger partial charge in [0, 0.05) is 33.5 Å². The van der Waals surface area contributed by atoms with E-state index in [-0.39, 0.29) is 5.76 Å². The Morgan fingerprint density at radius 2 is 1.96 bits per heavy atom. The fourth-order valence-electron chi connectivity index (χ4n) is 2.60. The van der Waals surface area contributed by atoms with Gasteiger partial charge >= 0.3 is 5.91 Å². The molecule has 0 aliphatic carbocycles. The van der Waals surface area contributed by atoms with Crippen LogP contribution in [0, 0.1) is 0 Å². The summed E-state index contributed by atoms with van der Waals surface area (Å²) in [6.45, 7) is 0.